The van der Waals surface area contributed by atoms with E-state index in [-0.39, 0.29) is 19.8 Å². The number of hydrogen-bond acceptors (Lipinski definition) is 5. The summed E-state index contributed by atoms with van der Waals surface area (Å²) in [5, 5.41) is 34.4. The highest BCUT2D eigenvalue weighted by molar-refractivity contribution is 7.81. The van der Waals surface area contributed by atoms with Crippen LogP contribution in [-0.4, -0.2) is 51.6 Å². The Balaban J connectivity index is 3.86. The average molecular weight is 182 g/mol. The zero-order chi connectivity index (χ0) is 8.85. The molecule has 0 aromatic rings. The number of thiol groups is 1. The van der Waals surface area contributed by atoms with Gasteiger partial charge in [0.25, 0.3) is 0 Å². The summed E-state index contributed by atoms with van der Waals surface area (Å²) in [7, 11) is 0. The fourth-order valence-electron chi connectivity index (χ4n) is 0.696. The van der Waals surface area contributed by atoms with E-state index in [9.17, 15) is 5.11 Å². The van der Waals surface area contributed by atoms with E-state index in [0.29, 0.717) is 0 Å². The van der Waals surface area contributed by atoms with Gasteiger partial charge in [-0.2, -0.15) is 12.6 Å². The van der Waals surface area contributed by atoms with E-state index in [2.05, 4.69) is 12.6 Å². The quantitative estimate of drug-likeness (QED) is 0.326. The third-order valence-corrected chi connectivity index (χ3v) is 2.00. The molecule has 0 aliphatic carbocycles. The summed E-state index contributed by atoms with van der Waals surface area (Å²) in [6.07, 6.45) is -0.974. The van der Waals surface area contributed by atoms with Crippen LogP contribution in [0.1, 0.15) is 0 Å². The topological polar surface area (TPSA) is 80.9 Å². The molecule has 0 aliphatic heterocycles. The van der Waals surface area contributed by atoms with Crippen molar-refractivity contribution in [3.05, 3.63) is 0 Å². The molecule has 4 N–H and O–H groups in total. The fraction of sp³-hybridized carbons (Fsp3) is 1.00. The lowest BCUT2D eigenvalue weighted by atomic mass is 10.0. The van der Waals surface area contributed by atoms with Gasteiger partial charge in [0, 0.05) is 5.92 Å². The molecule has 68 valence electrons. The molecule has 0 saturated carbocycles. The third-order valence-electron chi connectivity index (χ3n) is 1.53. The van der Waals surface area contributed by atoms with Crippen LogP contribution in [-0.2, 0) is 0 Å². The van der Waals surface area contributed by atoms with Gasteiger partial charge in [-0.1, -0.05) is 0 Å². The van der Waals surface area contributed by atoms with E-state index in [1.165, 1.54) is 0 Å². The lowest BCUT2D eigenvalue weighted by Crippen LogP contribution is -2.36. The molecule has 0 aromatic carbocycles. The predicted molar refractivity (Wildman–Crippen MR) is 43.5 cm³/mol. The number of rotatable bonds is 5. The predicted octanol–water partition coefficient (Wildman–Crippen LogP) is -1.76. The molecule has 0 fully saturated rings. The molecule has 0 spiro atoms. The molecule has 0 aromatic heterocycles. The van der Waals surface area contributed by atoms with Gasteiger partial charge in [0.05, 0.1) is 31.2 Å². The van der Waals surface area contributed by atoms with E-state index in [0.717, 1.165) is 0 Å². The van der Waals surface area contributed by atoms with Crippen molar-refractivity contribution in [1.82, 2.24) is 0 Å². The monoisotopic (exact) mass is 182 g/mol. The molecule has 0 rings (SSSR count). The van der Waals surface area contributed by atoms with Crippen LogP contribution in [0, 0.1) is 5.92 Å². The Bertz CT molecular complexity index is 96.6. The lowest BCUT2D eigenvalue weighted by Gasteiger charge is -2.22. The molecule has 0 aliphatic rings. The highest BCUT2D eigenvalue weighted by Crippen LogP contribution is 2.10. The van der Waals surface area contributed by atoms with Gasteiger partial charge in [-0.3, -0.25) is 0 Å². The van der Waals surface area contributed by atoms with Crippen molar-refractivity contribution in [2.45, 2.75) is 11.4 Å². The number of aliphatic hydroxyl groups excluding tert-OH is 4. The summed E-state index contributed by atoms with van der Waals surface area (Å²) >= 11 is 3.85. The molecule has 4 nitrogen and oxygen atoms in total. The van der Waals surface area contributed by atoms with Crippen LogP contribution < -0.4 is 0 Å². The number of hydrogen-bond donors (Lipinski definition) is 5. The van der Waals surface area contributed by atoms with Gasteiger partial charge in [0.1, 0.15) is 0 Å². The minimum absolute atomic E-state index is 0.277. The second kappa shape index (κ2) is 5.79. The van der Waals surface area contributed by atoms with Crippen molar-refractivity contribution < 1.29 is 20.4 Å². The van der Waals surface area contributed by atoms with Crippen molar-refractivity contribution in [3.63, 3.8) is 0 Å². The van der Waals surface area contributed by atoms with Gasteiger partial charge in [0.15, 0.2) is 0 Å². The van der Waals surface area contributed by atoms with Gasteiger partial charge >= 0.3 is 0 Å². The van der Waals surface area contributed by atoms with Crippen LogP contribution in [0.4, 0.5) is 0 Å². The number of aliphatic hydroxyl groups is 4. The Morgan fingerprint density at radius 2 is 1.45 bits per heavy atom. The zero-order valence-corrected chi connectivity index (χ0v) is 6.98. The van der Waals surface area contributed by atoms with Crippen molar-refractivity contribution in [3.8, 4) is 0 Å². The van der Waals surface area contributed by atoms with E-state index in [1.807, 2.05) is 0 Å². The minimum Gasteiger partial charge on any atom is -0.396 e. The molecule has 11 heavy (non-hydrogen) atoms. The standard InChI is InChI=1S/C6H14O4S/c7-1-4(2-8)6(10)5(11)3-9/h4-11H,1-3H2. The molecule has 0 bridgehead atoms. The van der Waals surface area contributed by atoms with E-state index in [4.69, 9.17) is 15.3 Å². The van der Waals surface area contributed by atoms with Crippen LogP contribution in [0.3, 0.4) is 0 Å². The molecular formula is C6H14O4S. The first-order chi connectivity index (χ1) is 5.17. The minimum atomic E-state index is -0.974. The molecule has 0 saturated heterocycles. The molecule has 0 heterocycles. The Hall–Kier alpha value is 0.190. The third kappa shape index (κ3) is 3.39. The van der Waals surface area contributed by atoms with Crippen LogP contribution in [0.5, 0.6) is 0 Å². The lowest BCUT2D eigenvalue weighted by molar-refractivity contribution is 0.0227. The van der Waals surface area contributed by atoms with Gasteiger partial charge in [-0.05, 0) is 0 Å². The molecule has 0 radical (unpaired) electrons. The smallest absolute Gasteiger partial charge is 0.0750 e. The van der Waals surface area contributed by atoms with Crippen LogP contribution in [0.15, 0.2) is 0 Å². The summed E-state index contributed by atoms with van der Waals surface area (Å²) in [6, 6.07) is 0. The summed E-state index contributed by atoms with van der Waals surface area (Å²) < 4.78 is 0. The molecular weight excluding hydrogens is 168 g/mol. The molecule has 5 heteroatoms. The first-order valence-electron chi connectivity index (χ1n) is 3.36. The van der Waals surface area contributed by atoms with Gasteiger partial charge in [-0.25, -0.2) is 0 Å². The second-order valence-electron chi connectivity index (χ2n) is 2.37. The van der Waals surface area contributed by atoms with E-state index >= 15 is 0 Å². The van der Waals surface area contributed by atoms with Gasteiger partial charge < -0.3 is 20.4 Å². The van der Waals surface area contributed by atoms with E-state index < -0.39 is 17.3 Å². The maximum absolute atomic E-state index is 9.22. The largest absolute Gasteiger partial charge is 0.396 e. The van der Waals surface area contributed by atoms with Crippen molar-refractivity contribution in [2.75, 3.05) is 19.8 Å². The highest BCUT2D eigenvalue weighted by Gasteiger charge is 2.23. The summed E-state index contributed by atoms with van der Waals surface area (Å²) in [6.45, 7) is -0.899. The fourth-order valence-corrected chi connectivity index (χ4v) is 0.939. The normalized spacial score (nSPS) is 16.9. The summed E-state index contributed by atoms with van der Waals surface area (Å²) in [4.78, 5) is 0. The Kier molecular flexibility index (Phi) is 5.89. The van der Waals surface area contributed by atoms with Crippen LogP contribution in [0.25, 0.3) is 0 Å². The molecule has 0 amide bonds. The van der Waals surface area contributed by atoms with Gasteiger partial charge in [0.2, 0.25) is 0 Å². The maximum atomic E-state index is 9.22. The van der Waals surface area contributed by atoms with Crippen molar-refractivity contribution in [1.29, 1.82) is 0 Å². The van der Waals surface area contributed by atoms with Crippen molar-refractivity contribution >= 4 is 12.6 Å². The average Bonchev–Trinajstić information content (AvgIpc) is 2.05. The maximum Gasteiger partial charge on any atom is 0.0750 e. The Labute approximate surface area is 70.9 Å². The Morgan fingerprint density at radius 1 is 1.00 bits per heavy atom. The van der Waals surface area contributed by atoms with Crippen LogP contribution >= 0.6 is 12.6 Å². The Morgan fingerprint density at radius 3 is 1.73 bits per heavy atom. The molecule has 2 unspecified atom stereocenters. The zero-order valence-electron chi connectivity index (χ0n) is 6.09. The first kappa shape index (κ1) is 11.2. The first-order valence-corrected chi connectivity index (χ1v) is 3.87. The molecule has 2 atom stereocenters. The van der Waals surface area contributed by atoms with E-state index in [1.54, 1.807) is 0 Å². The highest BCUT2D eigenvalue weighted by atomic mass is 32.1. The summed E-state index contributed by atoms with van der Waals surface area (Å²) in [5.74, 6) is -0.621. The second-order valence-corrected chi connectivity index (χ2v) is 3.03. The SMILES string of the molecule is OCC(S)C(O)C(CO)CO. The summed E-state index contributed by atoms with van der Waals surface area (Å²) in [5.41, 5.74) is 0. The van der Waals surface area contributed by atoms with Gasteiger partial charge in [-0.15, -0.1) is 0 Å². The van der Waals surface area contributed by atoms with Crippen molar-refractivity contribution in [2.24, 2.45) is 5.92 Å². The van der Waals surface area contributed by atoms with Crippen LogP contribution in [0.2, 0.25) is 0 Å².